The number of carbonyl (C=O) groups excluding carboxylic acids is 2. The third-order valence-corrected chi connectivity index (χ3v) is 6.55. The van der Waals surface area contributed by atoms with Crippen LogP contribution in [0.1, 0.15) is 40.9 Å². The number of nitrogens with zero attached hydrogens (tertiary/aromatic N) is 3. The molecule has 0 aromatic carbocycles. The summed E-state index contributed by atoms with van der Waals surface area (Å²) < 4.78 is 0. The van der Waals surface area contributed by atoms with Gasteiger partial charge in [0.05, 0.1) is 4.88 Å². The van der Waals surface area contributed by atoms with E-state index in [1.54, 1.807) is 6.20 Å². The third kappa shape index (κ3) is 3.51. The molecule has 5 nitrogen and oxygen atoms in total. The fraction of sp³-hybridized carbons (Fsp3) is 0.450. The molecule has 4 rings (SSSR count). The molecule has 2 aliphatic rings. The number of thiophene rings is 1. The van der Waals surface area contributed by atoms with Crippen LogP contribution < -0.4 is 0 Å². The fourth-order valence-electron chi connectivity index (χ4n) is 4.11. The number of amides is 2. The zero-order valence-electron chi connectivity index (χ0n) is 14.8. The number of hydrogen-bond donors (Lipinski definition) is 0. The molecule has 6 heteroatoms. The van der Waals surface area contributed by atoms with Gasteiger partial charge in [0, 0.05) is 45.0 Å². The Labute approximate surface area is 157 Å². The van der Waals surface area contributed by atoms with Crippen LogP contribution >= 0.6 is 11.3 Å². The lowest BCUT2D eigenvalue weighted by Crippen LogP contribution is -2.52. The van der Waals surface area contributed by atoms with Crippen molar-refractivity contribution in [1.29, 1.82) is 0 Å². The Bertz CT molecular complexity index is 768. The van der Waals surface area contributed by atoms with Gasteiger partial charge in [-0.15, -0.1) is 11.3 Å². The number of pyridine rings is 1. The van der Waals surface area contributed by atoms with Crippen molar-refractivity contribution in [1.82, 2.24) is 14.8 Å². The summed E-state index contributed by atoms with van der Waals surface area (Å²) in [4.78, 5) is 33.9. The molecule has 0 unspecified atom stereocenters. The monoisotopic (exact) mass is 369 g/mol. The van der Waals surface area contributed by atoms with Crippen LogP contribution in [-0.4, -0.2) is 46.2 Å². The van der Waals surface area contributed by atoms with E-state index in [0.29, 0.717) is 13.0 Å². The summed E-state index contributed by atoms with van der Waals surface area (Å²) in [6.45, 7) is 2.99. The number of rotatable bonds is 3. The minimum absolute atomic E-state index is 0.147. The molecule has 2 fully saturated rings. The summed E-state index contributed by atoms with van der Waals surface area (Å²) in [5.41, 5.74) is 1.23. The van der Waals surface area contributed by atoms with E-state index in [1.807, 2.05) is 45.6 Å². The molecule has 2 aromatic rings. The average molecular weight is 369 g/mol. The first-order valence-electron chi connectivity index (χ1n) is 9.15. The molecule has 0 aliphatic carbocycles. The van der Waals surface area contributed by atoms with E-state index in [-0.39, 0.29) is 17.2 Å². The van der Waals surface area contributed by atoms with Crippen molar-refractivity contribution in [2.24, 2.45) is 5.41 Å². The molecule has 0 N–H and O–H groups in total. The van der Waals surface area contributed by atoms with Crippen LogP contribution in [0.4, 0.5) is 0 Å². The van der Waals surface area contributed by atoms with E-state index in [4.69, 9.17) is 0 Å². The maximum absolute atomic E-state index is 12.6. The minimum atomic E-state index is 0.147. The second kappa shape index (κ2) is 7.19. The topological polar surface area (TPSA) is 53.5 Å². The summed E-state index contributed by atoms with van der Waals surface area (Å²) in [6, 6.07) is 7.75. The van der Waals surface area contributed by atoms with Crippen molar-refractivity contribution >= 4 is 23.2 Å². The van der Waals surface area contributed by atoms with Gasteiger partial charge < -0.3 is 9.80 Å². The molecule has 136 valence electrons. The predicted molar refractivity (Wildman–Crippen MR) is 101 cm³/mol. The summed E-state index contributed by atoms with van der Waals surface area (Å²) in [6.07, 6.45) is 7.08. The van der Waals surface area contributed by atoms with Crippen LogP contribution in [0.25, 0.3) is 0 Å². The molecule has 2 saturated heterocycles. The van der Waals surface area contributed by atoms with Gasteiger partial charge in [0.1, 0.15) is 0 Å². The van der Waals surface area contributed by atoms with Gasteiger partial charge in [-0.25, -0.2) is 0 Å². The molecule has 0 bridgehead atoms. The quantitative estimate of drug-likeness (QED) is 0.835. The van der Waals surface area contributed by atoms with Gasteiger partial charge in [-0.05, 0) is 47.8 Å². The highest BCUT2D eigenvalue weighted by Gasteiger charge is 2.41. The van der Waals surface area contributed by atoms with Gasteiger partial charge in [-0.1, -0.05) is 12.1 Å². The molecule has 2 aliphatic heterocycles. The van der Waals surface area contributed by atoms with Crippen LogP contribution in [-0.2, 0) is 11.3 Å². The van der Waals surface area contributed by atoms with Crippen molar-refractivity contribution in [3.8, 4) is 0 Å². The number of likely N-dealkylation sites (tertiary alicyclic amines) is 2. The van der Waals surface area contributed by atoms with Crippen molar-refractivity contribution in [3.05, 3.63) is 52.5 Å². The van der Waals surface area contributed by atoms with E-state index >= 15 is 0 Å². The highest BCUT2D eigenvalue weighted by atomic mass is 32.1. The second-order valence-electron chi connectivity index (χ2n) is 7.38. The van der Waals surface area contributed by atoms with Crippen LogP contribution in [0.5, 0.6) is 0 Å². The molecule has 0 saturated carbocycles. The lowest BCUT2D eigenvalue weighted by molar-refractivity contribution is -0.139. The van der Waals surface area contributed by atoms with Gasteiger partial charge >= 0.3 is 0 Å². The molecular weight excluding hydrogens is 346 g/mol. The van der Waals surface area contributed by atoms with Gasteiger partial charge in [-0.2, -0.15) is 0 Å². The van der Waals surface area contributed by atoms with Crippen molar-refractivity contribution in [2.45, 2.75) is 32.2 Å². The summed E-state index contributed by atoms with van der Waals surface area (Å²) in [5, 5.41) is 1.95. The van der Waals surface area contributed by atoms with Gasteiger partial charge in [0.2, 0.25) is 5.91 Å². The predicted octanol–water partition coefficient (Wildman–Crippen LogP) is 3.19. The maximum Gasteiger partial charge on any atom is 0.263 e. The Hall–Kier alpha value is -2.21. The Kier molecular flexibility index (Phi) is 4.76. The fourth-order valence-corrected chi connectivity index (χ4v) is 4.80. The van der Waals surface area contributed by atoms with Crippen molar-refractivity contribution < 1.29 is 9.59 Å². The van der Waals surface area contributed by atoms with Gasteiger partial charge in [0.15, 0.2) is 0 Å². The first-order chi connectivity index (χ1) is 12.7. The van der Waals surface area contributed by atoms with E-state index in [1.165, 1.54) is 11.3 Å². The molecule has 0 atom stereocenters. The number of hydrogen-bond acceptors (Lipinski definition) is 4. The zero-order valence-corrected chi connectivity index (χ0v) is 15.6. The van der Waals surface area contributed by atoms with E-state index in [9.17, 15) is 9.59 Å². The first kappa shape index (κ1) is 17.2. The Morgan fingerprint density at radius 1 is 1.19 bits per heavy atom. The summed E-state index contributed by atoms with van der Waals surface area (Å²) in [7, 11) is 0. The van der Waals surface area contributed by atoms with E-state index in [0.717, 1.165) is 49.3 Å². The lowest BCUT2D eigenvalue weighted by atomic mass is 9.72. The van der Waals surface area contributed by atoms with Crippen molar-refractivity contribution in [3.63, 3.8) is 0 Å². The van der Waals surface area contributed by atoms with Crippen molar-refractivity contribution in [2.75, 3.05) is 19.6 Å². The molecule has 2 aromatic heterocycles. The first-order valence-corrected chi connectivity index (χ1v) is 10.0. The largest absolute Gasteiger partial charge is 0.338 e. The Morgan fingerprint density at radius 2 is 2.04 bits per heavy atom. The SMILES string of the molecule is O=C1CCC2(CCN(C(=O)c3cccs3)CC2)CN1Cc1cccnc1. The zero-order chi connectivity index (χ0) is 18.0. The van der Waals surface area contributed by atoms with Crippen LogP contribution in [0.15, 0.2) is 42.0 Å². The Morgan fingerprint density at radius 3 is 2.73 bits per heavy atom. The molecule has 2 amide bonds. The van der Waals surface area contributed by atoms with Gasteiger partial charge in [-0.3, -0.25) is 14.6 Å². The molecule has 1 spiro atoms. The highest BCUT2D eigenvalue weighted by molar-refractivity contribution is 7.12. The molecule has 4 heterocycles. The molecule has 0 radical (unpaired) electrons. The number of carbonyl (C=O) groups is 2. The van der Waals surface area contributed by atoms with Crippen LogP contribution in [0, 0.1) is 5.41 Å². The second-order valence-corrected chi connectivity index (χ2v) is 8.33. The normalized spacial score (nSPS) is 19.8. The van der Waals surface area contributed by atoms with Crippen LogP contribution in [0.3, 0.4) is 0 Å². The Balaban J connectivity index is 1.40. The number of aromatic nitrogens is 1. The highest BCUT2D eigenvalue weighted by Crippen LogP contribution is 2.41. The minimum Gasteiger partial charge on any atom is -0.338 e. The lowest BCUT2D eigenvalue weighted by Gasteiger charge is -2.47. The average Bonchev–Trinajstić information content (AvgIpc) is 3.21. The van der Waals surface area contributed by atoms with Gasteiger partial charge in [0.25, 0.3) is 5.91 Å². The third-order valence-electron chi connectivity index (χ3n) is 5.69. The maximum atomic E-state index is 12.6. The standard InChI is InChI=1S/C20H23N3O2S/c24-18-5-6-20(15-23(18)14-16-3-1-9-21-13-16)7-10-22(11-8-20)19(25)17-4-2-12-26-17/h1-4,9,12-13H,5-8,10-11,14-15H2. The van der Waals surface area contributed by atoms with E-state index < -0.39 is 0 Å². The molecular formula is C20H23N3O2S. The summed E-state index contributed by atoms with van der Waals surface area (Å²) in [5.74, 6) is 0.380. The van der Waals surface area contributed by atoms with Crippen LogP contribution in [0.2, 0.25) is 0 Å². The van der Waals surface area contributed by atoms with E-state index in [2.05, 4.69) is 4.98 Å². The number of piperidine rings is 2. The smallest absolute Gasteiger partial charge is 0.263 e. The summed E-state index contributed by atoms with van der Waals surface area (Å²) >= 11 is 1.50. The molecule has 26 heavy (non-hydrogen) atoms.